The fraction of sp³-hybridized carbons (Fsp3) is 1.00. The van der Waals surface area contributed by atoms with Crippen molar-refractivity contribution in [1.82, 2.24) is 0 Å². The van der Waals surface area contributed by atoms with Crippen molar-refractivity contribution in [1.29, 1.82) is 0 Å². The van der Waals surface area contributed by atoms with Crippen molar-refractivity contribution >= 4 is 0 Å². The van der Waals surface area contributed by atoms with Crippen molar-refractivity contribution in [2.24, 2.45) is 23.3 Å². The molecule has 0 aromatic rings. The van der Waals surface area contributed by atoms with E-state index in [4.69, 9.17) is 11.5 Å². The Labute approximate surface area is 87.4 Å². The van der Waals surface area contributed by atoms with E-state index in [1.807, 2.05) is 0 Å². The van der Waals surface area contributed by atoms with Gasteiger partial charge in [-0.1, -0.05) is 25.7 Å². The molecule has 4 N–H and O–H groups in total. The van der Waals surface area contributed by atoms with Crippen LogP contribution in [0.15, 0.2) is 0 Å². The van der Waals surface area contributed by atoms with Crippen molar-refractivity contribution in [2.45, 2.75) is 63.5 Å². The van der Waals surface area contributed by atoms with Crippen LogP contribution in [-0.4, -0.2) is 12.1 Å². The molecular weight excluding hydrogens is 172 g/mol. The standard InChI is InChI=1S/C12H24N2/c13-11-5-1-3-9(7-11)10-4-2-6-12(14)8-10/h9-12H,1-8,13-14H2. The van der Waals surface area contributed by atoms with Crippen molar-refractivity contribution in [2.75, 3.05) is 0 Å². The summed E-state index contributed by atoms with van der Waals surface area (Å²) in [6.45, 7) is 0. The van der Waals surface area contributed by atoms with Gasteiger partial charge >= 0.3 is 0 Å². The molecule has 0 aliphatic heterocycles. The van der Waals surface area contributed by atoms with Gasteiger partial charge in [-0.3, -0.25) is 0 Å². The fourth-order valence-electron chi connectivity index (χ4n) is 3.39. The highest BCUT2D eigenvalue weighted by molar-refractivity contribution is 4.84. The van der Waals surface area contributed by atoms with E-state index in [0.717, 1.165) is 11.8 Å². The van der Waals surface area contributed by atoms with E-state index in [1.54, 1.807) is 0 Å². The molecule has 2 nitrogen and oxygen atoms in total. The zero-order chi connectivity index (χ0) is 9.97. The second kappa shape index (κ2) is 4.63. The summed E-state index contributed by atoms with van der Waals surface area (Å²) >= 11 is 0. The average Bonchev–Trinajstić information content (AvgIpc) is 2.18. The summed E-state index contributed by atoms with van der Waals surface area (Å²) in [6, 6.07) is 0.957. The minimum atomic E-state index is 0.479. The zero-order valence-corrected chi connectivity index (χ0v) is 9.12. The highest BCUT2D eigenvalue weighted by Crippen LogP contribution is 2.37. The van der Waals surface area contributed by atoms with Gasteiger partial charge in [-0.25, -0.2) is 0 Å². The summed E-state index contributed by atoms with van der Waals surface area (Å²) in [4.78, 5) is 0. The van der Waals surface area contributed by atoms with E-state index in [-0.39, 0.29) is 0 Å². The molecule has 2 heteroatoms. The molecule has 0 bridgehead atoms. The third-order valence-corrected chi connectivity index (χ3v) is 4.18. The molecule has 2 aliphatic rings. The minimum Gasteiger partial charge on any atom is -0.328 e. The molecule has 0 aromatic carbocycles. The van der Waals surface area contributed by atoms with Crippen LogP contribution in [0.5, 0.6) is 0 Å². The van der Waals surface area contributed by atoms with Crippen LogP contribution >= 0.6 is 0 Å². The predicted octanol–water partition coefficient (Wildman–Crippen LogP) is 2.02. The lowest BCUT2D eigenvalue weighted by molar-refractivity contribution is 0.173. The Bertz CT molecular complexity index is 161. The van der Waals surface area contributed by atoms with Gasteiger partial charge < -0.3 is 11.5 Å². The lowest BCUT2D eigenvalue weighted by atomic mass is 9.71. The van der Waals surface area contributed by atoms with Gasteiger partial charge in [0, 0.05) is 12.1 Å². The van der Waals surface area contributed by atoms with Gasteiger partial charge in [0.25, 0.3) is 0 Å². The first kappa shape index (κ1) is 10.4. The molecule has 82 valence electrons. The topological polar surface area (TPSA) is 52.0 Å². The third-order valence-electron chi connectivity index (χ3n) is 4.18. The minimum absolute atomic E-state index is 0.479. The van der Waals surface area contributed by atoms with Crippen LogP contribution in [0.25, 0.3) is 0 Å². The van der Waals surface area contributed by atoms with E-state index in [2.05, 4.69) is 0 Å². The Morgan fingerprint density at radius 1 is 0.643 bits per heavy atom. The summed E-state index contributed by atoms with van der Waals surface area (Å²) < 4.78 is 0. The number of rotatable bonds is 1. The lowest BCUT2D eigenvalue weighted by Crippen LogP contribution is -2.36. The Morgan fingerprint density at radius 3 is 1.43 bits per heavy atom. The van der Waals surface area contributed by atoms with E-state index >= 15 is 0 Å². The molecule has 0 spiro atoms. The molecule has 2 fully saturated rings. The summed E-state index contributed by atoms with van der Waals surface area (Å²) in [7, 11) is 0. The maximum atomic E-state index is 6.04. The molecule has 0 aromatic heterocycles. The molecule has 2 aliphatic carbocycles. The lowest BCUT2D eigenvalue weighted by Gasteiger charge is -2.37. The Morgan fingerprint density at radius 2 is 1.07 bits per heavy atom. The van der Waals surface area contributed by atoms with E-state index in [9.17, 15) is 0 Å². The van der Waals surface area contributed by atoms with Crippen LogP contribution in [0, 0.1) is 11.8 Å². The average molecular weight is 196 g/mol. The summed E-state index contributed by atoms with van der Waals surface area (Å²) in [5.41, 5.74) is 12.1. The molecule has 2 rings (SSSR count). The smallest absolute Gasteiger partial charge is 0.00415 e. The van der Waals surface area contributed by atoms with Crippen LogP contribution in [0.3, 0.4) is 0 Å². The van der Waals surface area contributed by atoms with Gasteiger partial charge in [-0.2, -0.15) is 0 Å². The highest BCUT2D eigenvalue weighted by Gasteiger charge is 2.29. The van der Waals surface area contributed by atoms with Crippen LogP contribution in [0.4, 0.5) is 0 Å². The van der Waals surface area contributed by atoms with Gasteiger partial charge in [0.2, 0.25) is 0 Å². The molecule has 4 atom stereocenters. The Hall–Kier alpha value is -0.0800. The third kappa shape index (κ3) is 2.48. The van der Waals surface area contributed by atoms with E-state index in [1.165, 1.54) is 51.4 Å². The number of hydrogen-bond donors (Lipinski definition) is 2. The van der Waals surface area contributed by atoms with Gasteiger partial charge in [-0.05, 0) is 37.5 Å². The van der Waals surface area contributed by atoms with Crippen molar-refractivity contribution < 1.29 is 0 Å². The quantitative estimate of drug-likeness (QED) is 0.674. The predicted molar refractivity (Wildman–Crippen MR) is 59.9 cm³/mol. The maximum Gasteiger partial charge on any atom is 0.00415 e. The monoisotopic (exact) mass is 196 g/mol. The van der Waals surface area contributed by atoms with Gasteiger partial charge in [-0.15, -0.1) is 0 Å². The fourth-order valence-corrected chi connectivity index (χ4v) is 3.39. The van der Waals surface area contributed by atoms with Gasteiger partial charge in [0.15, 0.2) is 0 Å². The highest BCUT2D eigenvalue weighted by atomic mass is 14.7. The summed E-state index contributed by atoms with van der Waals surface area (Å²) in [5, 5.41) is 0. The zero-order valence-electron chi connectivity index (χ0n) is 9.12. The van der Waals surface area contributed by atoms with Crippen LogP contribution in [0.1, 0.15) is 51.4 Å². The van der Waals surface area contributed by atoms with Crippen molar-refractivity contribution in [3.05, 3.63) is 0 Å². The van der Waals surface area contributed by atoms with Crippen molar-refractivity contribution in [3.63, 3.8) is 0 Å². The molecule has 0 amide bonds. The Balaban J connectivity index is 1.86. The van der Waals surface area contributed by atoms with Gasteiger partial charge in [0.05, 0.1) is 0 Å². The molecule has 4 unspecified atom stereocenters. The first-order valence-corrected chi connectivity index (χ1v) is 6.27. The van der Waals surface area contributed by atoms with Crippen molar-refractivity contribution in [3.8, 4) is 0 Å². The molecule has 0 saturated heterocycles. The number of hydrogen-bond acceptors (Lipinski definition) is 2. The molecular formula is C12H24N2. The molecule has 0 radical (unpaired) electrons. The largest absolute Gasteiger partial charge is 0.328 e. The summed E-state index contributed by atoms with van der Waals surface area (Å²) in [6.07, 6.45) is 10.5. The SMILES string of the molecule is NC1CCCC(C2CCCC(N)C2)C1. The van der Waals surface area contributed by atoms with Crippen LogP contribution < -0.4 is 11.5 Å². The summed E-state index contributed by atoms with van der Waals surface area (Å²) in [5.74, 6) is 1.79. The number of nitrogens with two attached hydrogens (primary N) is 2. The first-order chi connectivity index (χ1) is 6.75. The van der Waals surface area contributed by atoms with Crippen LogP contribution in [0.2, 0.25) is 0 Å². The molecule has 2 saturated carbocycles. The van der Waals surface area contributed by atoms with E-state index in [0.29, 0.717) is 12.1 Å². The molecule has 0 heterocycles. The maximum absolute atomic E-state index is 6.04. The molecule has 14 heavy (non-hydrogen) atoms. The Kier molecular flexibility index (Phi) is 3.45. The van der Waals surface area contributed by atoms with Crippen LogP contribution in [-0.2, 0) is 0 Å². The second-order valence-corrected chi connectivity index (χ2v) is 5.37. The first-order valence-electron chi connectivity index (χ1n) is 6.27. The second-order valence-electron chi connectivity index (χ2n) is 5.37. The normalized spacial score (nSPS) is 45.0. The van der Waals surface area contributed by atoms with E-state index < -0.39 is 0 Å². The van der Waals surface area contributed by atoms with Gasteiger partial charge in [0.1, 0.15) is 0 Å².